The molecule has 1 aromatic rings. The van der Waals surface area contributed by atoms with Crippen molar-refractivity contribution in [3.63, 3.8) is 0 Å². The van der Waals surface area contributed by atoms with Crippen LogP contribution in [0, 0.1) is 5.92 Å². The topological polar surface area (TPSA) is 73.1 Å². The lowest BCUT2D eigenvalue weighted by Gasteiger charge is -2.08. The van der Waals surface area contributed by atoms with Crippen LogP contribution >= 0.6 is 15.9 Å². The maximum atomic E-state index is 5.60. The van der Waals surface area contributed by atoms with Crippen LogP contribution in [-0.4, -0.2) is 29.7 Å². The van der Waals surface area contributed by atoms with Crippen molar-refractivity contribution >= 4 is 27.7 Å². The number of hydrogen-bond acceptors (Lipinski definition) is 5. The second-order valence-corrected chi connectivity index (χ2v) is 5.00. The van der Waals surface area contributed by atoms with Gasteiger partial charge < -0.3 is 15.8 Å². The molecule has 3 N–H and O–H groups in total. The predicted molar refractivity (Wildman–Crippen MR) is 72.9 cm³/mol. The Kier molecular flexibility index (Phi) is 6.21. The Bertz CT molecular complexity index is 326. The molecule has 0 saturated carbocycles. The number of nitrogens with two attached hydrogens (primary N) is 1. The summed E-state index contributed by atoms with van der Waals surface area (Å²) in [5.41, 5.74) is 5.60. The predicted octanol–water partition coefficient (Wildman–Crippen LogP) is 2.30. The lowest BCUT2D eigenvalue weighted by Crippen LogP contribution is -2.10. The van der Waals surface area contributed by atoms with Crippen molar-refractivity contribution < 1.29 is 4.74 Å². The Morgan fingerprint density at radius 2 is 2.24 bits per heavy atom. The molecule has 0 fully saturated rings. The first-order chi connectivity index (χ1) is 8.08. The van der Waals surface area contributed by atoms with Gasteiger partial charge in [0.15, 0.2) is 0 Å². The average Bonchev–Trinajstić information content (AvgIpc) is 2.21. The summed E-state index contributed by atoms with van der Waals surface area (Å²) in [6, 6.07) is 1.66. The quantitative estimate of drug-likeness (QED) is 0.597. The lowest BCUT2D eigenvalue weighted by atomic mass is 10.2. The number of ether oxygens (including phenoxy) is 1. The zero-order valence-electron chi connectivity index (χ0n) is 10.2. The van der Waals surface area contributed by atoms with Gasteiger partial charge in [-0.2, -0.15) is 4.98 Å². The van der Waals surface area contributed by atoms with Crippen LogP contribution < -0.4 is 11.1 Å². The second kappa shape index (κ2) is 7.45. The molecule has 0 aliphatic heterocycles. The molecule has 0 aromatic carbocycles. The Labute approximate surface area is 110 Å². The maximum absolute atomic E-state index is 5.60. The molecule has 1 heterocycles. The van der Waals surface area contributed by atoms with E-state index in [9.17, 15) is 0 Å². The van der Waals surface area contributed by atoms with Crippen LogP contribution in [0.1, 0.15) is 20.3 Å². The molecule has 0 saturated heterocycles. The van der Waals surface area contributed by atoms with Gasteiger partial charge in [0.05, 0.1) is 0 Å². The third kappa shape index (κ3) is 6.43. The van der Waals surface area contributed by atoms with Crippen molar-refractivity contribution in [3.05, 3.63) is 10.7 Å². The third-order valence-electron chi connectivity index (χ3n) is 1.91. The van der Waals surface area contributed by atoms with Gasteiger partial charge in [-0.1, -0.05) is 13.8 Å². The van der Waals surface area contributed by atoms with E-state index < -0.39 is 0 Å². The van der Waals surface area contributed by atoms with Gasteiger partial charge in [0, 0.05) is 25.8 Å². The zero-order valence-corrected chi connectivity index (χ0v) is 11.8. The fourth-order valence-corrected chi connectivity index (χ4v) is 1.61. The van der Waals surface area contributed by atoms with E-state index in [2.05, 4.69) is 45.1 Å². The summed E-state index contributed by atoms with van der Waals surface area (Å²) in [6.07, 6.45) is 0.919. The highest BCUT2D eigenvalue weighted by atomic mass is 79.9. The lowest BCUT2D eigenvalue weighted by molar-refractivity contribution is 0.110. The molecule has 6 heteroatoms. The van der Waals surface area contributed by atoms with Crippen LogP contribution in [0.5, 0.6) is 0 Å². The average molecular weight is 303 g/mol. The minimum atomic E-state index is 0.449. The van der Waals surface area contributed by atoms with E-state index in [1.807, 2.05) is 0 Å². The van der Waals surface area contributed by atoms with E-state index in [4.69, 9.17) is 10.5 Å². The summed E-state index contributed by atoms with van der Waals surface area (Å²) in [7, 11) is 0. The molecule has 0 radical (unpaired) electrons. The van der Waals surface area contributed by atoms with Crippen molar-refractivity contribution in [1.29, 1.82) is 0 Å². The Hall–Kier alpha value is -0.880. The van der Waals surface area contributed by atoms with Crippen LogP contribution in [-0.2, 0) is 4.74 Å². The van der Waals surface area contributed by atoms with Gasteiger partial charge in [-0.05, 0) is 28.3 Å². The van der Waals surface area contributed by atoms with Crippen molar-refractivity contribution in [2.24, 2.45) is 5.92 Å². The van der Waals surface area contributed by atoms with E-state index in [1.54, 1.807) is 6.07 Å². The van der Waals surface area contributed by atoms with E-state index in [1.165, 1.54) is 0 Å². The Balaban J connectivity index is 2.18. The van der Waals surface area contributed by atoms with Crippen LogP contribution in [0.15, 0.2) is 10.7 Å². The molecule has 0 spiro atoms. The number of rotatable bonds is 7. The molecular weight excluding hydrogens is 284 g/mol. The largest absolute Gasteiger partial charge is 0.383 e. The summed E-state index contributed by atoms with van der Waals surface area (Å²) in [4.78, 5) is 8.22. The normalized spacial score (nSPS) is 10.8. The summed E-state index contributed by atoms with van der Waals surface area (Å²) in [5.74, 6) is 1.57. The molecule has 0 atom stereocenters. The number of nitrogens with zero attached hydrogens (tertiary/aromatic N) is 2. The molecule has 0 aliphatic carbocycles. The van der Waals surface area contributed by atoms with Crippen LogP contribution in [0.25, 0.3) is 0 Å². The van der Waals surface area contributed by atoms with Gasteiger partial charge in [-0.25, -0.2) is 4.98 Å². The number of aromatic nitrogens is 2. The fraction of sp³-hybridized carbons (Fsp3) is 0.636. The van der Waals surface area contributed by atoms with Gasteiger partial charge in [0.2, 0.25) is 5.95 Å². The van der Waals surface area contributed by atoms with Crippen LogP contribution in [0.3, 0.4) is 0 Å². The van der Waals surface area contributed by atoms with Gasteiger partial charge in [-0.15, -0.1) is 0 Å². The zero-order chi connectivity index (χ0) is 12.7. The van der Waals surface area contributed by atoms with Crippen molar-refractivity contribution in [3.8, 4) is 0 Å². The molecule has 0 aliphatic rings. The van der Waals surface area contributed by atoms with Gasteiger partial charge in [0.1, 0.15) is 10.4 Å². The maximum Gasteiger partial charge on any atom is 0.225 e. The summed E-state index contributed by atoms with van der Waals surface area (Å²) < 4.78 is 6.15. The van der Waals surface area contributed by atoms with Crippen molar-refractivity contribution in [1.82, 2.24) is 9.97 Å². The molecule has 0 amide bonds. The third-order valence-corrected chi connectivity index (χ3v) is 2.32. The van der Waals surface area contributed by atoms with E-state index >= 15 is 0 Å². The molecular formula is C11H19BrN4O. The van der Waals surface area contributed by atoms with Crippen molar-refractivity contribution in [2.75, 3.05) is 30.8 Å². The number of nitrogens with one attached hydrogen (secondary N) is 1. The second-order valence-electron chi connectivity index (χ2n) is 4.19. The number of nitrogen functional groups attached to an aromatic ring is 1. The SMILES string of the molecule is CC(C)COCCCNc1nc(N)cc(Br)n1. The van der Waals surface area contributed by atoms with E-state index in [0.717, 1.165) is 26.2 Å². The summed E-state index contributed by atoms with van der Waals surface area (Å²) >= 11 is 3.27. The van der Waals surface area contributed by atoms with Crippen LogP contribution in [0.4, 0.5) is 11.8 Å². The number of hydrogen-bond donors (Lipinski definition) is 2. The molecule has 1 aromatic heterocycles. The number of halogens is 1. The fourth-order valence-electron chi connectivity index (χ4n) is 1.21. The highest BCUT2D eigenvalue weighted by molar-refractivity contribution is 9.10. The van der Waals surface area contributed by atoms with E-state index in [-0.39, 0.29) is 0 Å². The van der Waals surface area contributed by atoms with Crippen LogP contribution in [0.2, 0.25) is 0 Å². The van der Waals surface area contributed by atoms with Crippen molar-refractivity contribution in [2.45, 2.75) is 20.3 Å². The number of anilines is 2. The molecule has 1 rings (SSSR count). The molecule has 0 unspecified atom stereocenters. The molecule has 0 bridgehead atoms. The molecule has 5 nitrogen and oxygen atoms in total. The Morgan fingerprint density at radius 3 is 2.88 bits per heavy atom. The summed E-state index contributed by atoms with van der Waals surface area (Å²) in [5, 5.41) is 3.10. The van der Waals surface area contributed by atoms with Gasteiger partial charge >= 0.3 is 0 Å². The highest BCUT2D eigenvalue weighted by Gasteiger charge is 1.99. The molecule has 17 heavy (non-hydrogen) atoms. The van der Waals surface area contributed by atoms with Gasteiger partial charge in [0.25, 0.3) is 0 Å². The minimum absolute atomic E-state index is 0.449. The standard InChI is InChI=1S/C11H19BrN4O/c1-8(2)7-17-5-3-4-14-11-15-9(12)6-10(13)16-11/h6,8H,3-5,7H2,1-2H3,(H3,13,14,15,16). The summed E-state index contributed by atoms with van der Waals surface area (Å²) in [6.45, 7) is 6.59. The first-order valence-electron chi connectivity index (χ1n) is 5.69. The highest BCUT2D eigenvalue weighted by Crippen LogP contribution is 2.12. The minimum Gasteiger partial charge on any atom is -0.383 e. The van der Waals surface area contributed by atoms with E-state index in [0.29, 0.717) is 22.3 Å². The molecule has 96 valence electrons. The smallest absolute Gasteiger partial charge is 0.225 e. The van der Waals surface area contributed by atoms with Gasteiger partial charge in [-0.3, -0.25) is 0 Å². The first kappa shape index (κ1) is 14.2. The first-order valence-corrected chi connectivity index (χ1v) is 6.49. The monoisotopic (exact) mass is 302 g/mol. The Morgan fingerprint density at radius 1 is 1.47 bits per heavy atom.